The molecule has 0 aliphatic carbocycles. The van der Waals surface area contributed by atoms with E-state index in [1.807, 2.05) is 12.1 Å². The van der Waals surface area contributed by atoms with Crippen molar-refractivity contribution in [2.24, 2.45) is 0 Å². The van der Waals surface area contributed by atoms with Crippen molar-refractivity contribution in [3.8, 4) is 51.0 Å². The molecule has 1 aliphatic rings. The molecule has 294 valence electrons. The summed E-state index contributed by atoms with van der Waals surface area (Å²) >= 11 is 0. The van der Waals surface area contributed by atoms with Crippen molar-refractivity contribution in [1.29, 1.82) is 0 Å². The van der Waals surface area contributed by atoms with Crippen LogP contribution in [0.2, 0.25) is 0 Å². The molecule has 0 amide bonds. The Bertz CT molecular complexity index is 3770. The van der Waals surface area contributed by atoms with Gasteiger partial charge in [-0.2, -0.15) is 0 Å². The van der Waals surface area contributed by atoms with E-state index in [1.54, 1.807) is 0 Å². The summed E-state index contributed by atoms with van der Waals surface area (Å²) in [4.78, 5) is 13.1. The molecule has 0 radical (unpaired) electrons. The van der Waals surface area contributed by atoms with Gasteiger partial charge in [0.25, 0.3) is 0 Å². The van der Waals surface area contributed by atoms with Crippen molar-refractivity contribution in [3.05, 3.63) is 218 Å². The number of aromatic nitrogens is 3. The first-order valence-electron chi connectivity index (χ1n) is 21.3. The van der Waals surface area contributed by atoms with Crippen molar-refractivity contribution < 1.29 is 4.74 Å². The van der Waals surface area contributed by atoms with Gasteiger partial charge in [0.05, 0.1) is 33.6 Å². The minimum Gasteiger partial charge on any atom is -0.453 e. The average molecular weight is 805 g/mol. The molecule has 0 atom stereocenters. The van der Waals surface area contributed by atoms with Crippen LogP contribution in [-0.4, -0.2) is 14.5 Å². The number of rotatable bonds is 5. The zero-order valence-electron chi connectivity index (χ0n) is 34.0. The van der Waals surface area contributed by atoms with Gasteiger partial charge in [-0.15, -0.1) is 0 Å². The van der Waals surface area contributed by atoms with E-state index in [9.17, 15) is 0 Å². The van der Waals surface area contributed by atoms with Crippen LogP contribution in [0.25, 0.3) is 93.7 Å². The SMILES string of the molecule is c1ccc(N2c3ccccc3Oc3cc(-c4cccc5c4c4c6ccccc6ccc4n5-c4nc(-c5ccc(-c6cccc7ccccc67)cc5)c5ccccc5n4)ccc32)cc1. The molecule has 1 aliphatic heterocycles. The van der Waals surface area contributed by atoms with Crippen LogP contribution >= 0.6 is 0 Å². The quantitative estimate of drug-likeness (QED) is 0.174. The maximum atomic E-state index is 6.72. The van der Waals surface area contributed by atoms with Crippen LogP contribution in [0.15, 0.2) is 218 Å². The van der Waals surface area contributed by atoms with Crippen molar-refractivity contribution in [3.63, 3.8) is 0 Å². The Morgan fingerprint density at radius 2 is 1.02 bits per heavy atom. The van der Waals surface area contributed by atoms with Crippen LogP contribution in [0.4, 0.5) is 17.1 Å². The van der Waals surface area contributed by atoms with Gasteiger partial charge in [0.15, 0.2) is 11.5 Å². The van der Waals surface area contributed by atoms with Crippen LogP contribution in [0.1, 0.15) is 0 Å². The van der Waals surface area contributed by atoms with Crippen molar-refractivity contribution in [2.45, 2.75) is 0 Å². The summed E-state index contributed by atoms with van der Waals surface area (Å²) in [6.45, 7) is 0. The van der Waals surface area contributed by atoms with Crippen molar-refractivity contribution >= 4 is 71.3 Å². The van der Waals surface area contributed by atoms with Crippen LogP contribution in [0, 0.1) is 0 Å². The van der Waals surface area contributed by atoms with E-state index in [-0.39, 0.29) is 0 Å². The van der Waals surface area contributed by atoms with Gasteiger partial charge >= 0.3 is 0 Å². The molecule has 5 nitrogen and oxygen atoms in total. The highest BCUT2D eigenvalue weighted by atomic mass is 16.5. The van der Waals surface area contributed by atoms with E-state index in [0.717, 1.165) is 83.7 Å². The highest BCUT2D eigenvalue weighted by Gasteiger charge is 2.27. The fraction of sp³-hybridized carbons (Fsp3) is 0. The number of ether oxygens (including phenoxy) is 1. The van der Waals surface area contributed by atoms with Crippen LogP contribution in [0.5, 0.6) is 11.5 Å². The van der Waals surface area contributed by atoms with Crippen molar-refractivity contribution in [1.82, 2.24) is 14.5 Å². The third-order valence-electron chi connectivity index (χ3n) is 12.6. The fourth-order valence-corrected chi connectivity index (χ4v) is 9.73. The molecule has 2 aromatic heterocycles. The highest BCUT2D eigenvalue weighted by Crippen LogP contribution is 2.52. The monoisotopic (exact) mass is 804 g/mol. The van der Waals surface area contributed by atoms with E-state index < -0.39 is 0 Å². The lowest BCUT2D eigenvalue weighted by Crippen LogP contribution is -2.15. The molecule has 0 spiro atoms. The summed E-state index contributed by atoms with van der Waals surface area (Å²) < 4.78 is 8.97. The smallest absolute Gasteiger partial charge is 0.235 e. The Morgan fingerprint density at radius 1 is 0.381 bits per heavy atom. The maximum Gasteiger partial charge on any atom is 0.235 e. The first kappa shape index (κ1) is 35.2. The van der Waals surface area contributed by atoms with Gasteiger partial charge in [-0.05, 0) is 98.4 Å². The summed E-state index contributed by atoms with van der Waals surface area (Å²) in [6, 6.07) is 77.2. The lowest BCUT2D eigenvalue weighted by molar-refractivity contribution is 0.477. The zero-order chi connectivity index (χ0) is 41.4. The number of para-hydroxylation sites is 4. The molecule has 0 unspecified atom stereocenters. The third kappa shape index (κ3) is 5.57. The maximum absolute atomic E-state index is 6.72. The summed E-state index contributed by atoms with van der Waals surface area (Å²) in [6.07, 6.45) is 0. The lowest BCUT2D eigenvalue weighted by atomic mass is 9.96. The van der Waals surface area contributed by atoms with E-state index in [1.165, 1.54) is 32.7 Å². The van der Waals surface area contributed by atoms with Crippen LogP contribution in [0.3, 0.4) is 0 Å². The Balaban J connectivity index is 1.01. The first-order valence-corrected chi connectivity index (χ1v) is 21.3. The second kappa shape index (κ2) is 14.0. The minimum absolute atomic E-state index is 0.623. The molecule has 63 heavy (non-hydrogen) atoms. The Hall–Kier alpha value is -8.54. The summed E-state index contributed by atoms with van der Waals surface area (Å²) in [5, 5.41) is 8.12. The molecule has 13 rings (SSSR count). The first-order chi connectivity index (χ1) is 31.2. The number of nitrogens with zero attached hydrogens (tertiary/aromatic N) is 4. The Kier molecular flexibility index (Phi) is 7.84. The van der Waals surface area contributed by atoms with Gasteiger partial charge in [-0.3, -0.25) is 4.57 Å². The topological polar surface area (TPSA) is 43.2 Å². The molecule has 0 N–H and O–H groups in total. The van der Waals surface area contributed by atoms with E-state index in [0.29, 0.717) is 5.95 Å². The Labute approximate surface area is 363 Å². The van der Waals surface area contributed by atoms with Crippen LogP contribution in [-0.2, 0) is 0 Å². The predicted octanol–water partition coefficient (Wildman–Crippen LogP) is 15.6. The molecule has 0 fully saturated rings. The standard InChI is InChI=1S/C58H36N4O/c1-2-17-42(18-3-1)61-49-25-10-11-27-53(49)63-54-36-41(33-34-50(54)61)46-23-13-26-51-56(46)55-45-20-7-5-15-38(45)32-35-52(55)62(51)58-59-48-24-9-8-21-47(48)57(60-58)40-30-28-39(29-31-40)44-22-12-16-37-14-4-6-19-43(37)44/h1-36H. The number of hydrogen-bond donors (Lipinski definition) is 0. The Morgan fingerprint density at radius 3 is 1.89 bits per heavy atom. The summed E-state index contributed by atoms with van der Waals surface area (Å²) in [7, 11) is 0. The van der Waals surface area contributed by atoms with Gasteiger partial charge in [0.2, 0.25) is 5.95 Å². The van der Waals surface area contributed by atoms with Gasteiger partial charge in [-0.25, -0.2) is 9.97 Å². The average Bonchev–Trinajstić information content (AvgIpc) is 3.70. The van der Waals surface area contributed by atoms with E-state index >= 15 is 0 Å². The minimum atomic E-state index is 0.623. The molecular weight excluding hydrogens is 769 g/mol. The molecule has 10 aromatic carbocycles. The number of hydrogen-bond acceptors (Lipinski definition) is 4. The molecule has 0 saturated carbocycles. The van der Waals surface area contributed by atoms with Crippen LogP contribution < -0.4 is 9.64 Å². The molecule has 0 bridgehead atoms. The fourth-order valence-electron chi connectivity index (χ4n) is 9.73. The number of fused-ring (bicyclic) bond motifs is 9. The molecule has 5 heteroatoms. The van der Waals surface area contributed by atoms with E-state index in [4.69, 9.17) is 14.7 Å². The van der Waals surface area contributed by atoms with Gasteiger partial charge in [0.1, 0.15) is 0 Å². The van der Waals surface area contributed by atoms with Gasteiger partial charge in [0, 0.05) is 27.4 Å². The molecule has 3 heterocycles. The second-order valence-corrected chi connectivity index (χ2v) is 16.1. The highest BCUT2D eigenvalue weighted by molar-refractivity contribution is 6.25. The molecule has 0 saturated heterocycles. The van der Waals surface area contributed by atoms with Gasteiger partial charge < -0.3 is 9.64 Å². The zero-order valence-corrected chi connectivity index (χ0v) is 34.0. The summed E-state index contributed by atoms with van der Waals surface area (Å²) in [5.41, 5.74) is 12.5. The molecular formula is C58H36N4O. The van der Waals surface area contributed by atoms with Crippen molar-refractivity contribution in [2.75, 3.05) is 4.90 Å². The second-order valence-electron chi connectivity index (χ2n) is 16.1. The predicted molar refractivity (Wildman–Crippen MR) is 260 cm³/mol. The van der Waals surface area contributed by atoms with Gasteiger partial charge in [-0.1, -0.05) is 164 Å². The lowest BCUT2D eigenvalue weighted by Gasteiger charge is -2.33. The number of anilines is 3. The van der Waals surface area contributed by atoms with E-state index in [2.05, 4.69) is 216 Å². The normalized spacial score (nSPS) is 12.2. The third-order valence-corrected chi connectivity index (χ3v) is 12.6. The molecule has 12 aromatic rings. The number of benzene rings is 10. The summed E-state index contributed by atoms with van der Waals surface area (Å²) in [5.74, 6) is 2.24. The largest absolute Gasteiger partial charge is 0.453 e.